The van der Waals surface area contributed by atoms with Gasteiger partial charge in [0.1, 0.15) is 11.5 Å². The normalized spacial score (nSPS) is 15.3. The highest BCUT2D eigenvalue weighted by molar-refractivity contribution is 6.30. The lowest BCUT2D eigenvalue weighted by atomic mass is 10.1. The minimum atomic E-state index is -0.425. The van der Waals surface area contributed by atoms with Gasteiger partial charge in [0.15, 0.2) is 0 Å². The number of nitrogens with zero attached hydrogens (tertiary/aromatic N) is 3. The first-order chi connectivity index (χ1) is 15.5. The van der Waals surface area contributed by atoms with Crippen molar-refractivity contribution in [1.82, 2.24) is 14.5 Å². The number of H-pyrrole nitrogens is 1. The van der Waals surface area contributed by atoms with Crippen LogP contribution in [0.5, 0.6) is 0 Å². The number of fused-ring (bicyclic) bond motifs is 1. The van der Waals surface area contributed by atoms with Crippen molar-refractivity contribution in [1.29, 1.82) is 0 Å². The molecular weight excluding hydrogens is 431 g/mol. The maximum absolute atomic E-state index is 13.8. The third-order valence-corrected chi connectivity index (χ3v) is 6.15. The Balaban J connectivity index is 1.50. The minimum absolute atomic E-state index is 0.179. The van der Waals surface area contributed by atoms with E-state index >= 15 is 0 Å². The van der Waals surface area contributed by atoms with E-state index in [1.54, 1.807) is 22.9 Å². The third kappa shape index (κ3) is 3.89. The molecule has 4 heterocycles. The smallest absolute Gasteiger partial charge is 0.251 e. The van der Waals surface area contributed by atoms with Crippen LogP contribution in [0.15, 0.2) is 59.8 Å². The second kappa shape index (κ2) is 8.41. The zero-order valence-electron chi connectivity index (χ0n) is 17.5. The Kier molecular flexibility index (Phi) is 5.45. The summed E-state index contributed by atoms with van der Waals surface area (Å²) in [5.41, 5.74) is 3.96. The molecule has 1 atom stereocenters. The highest BCUT2D eigenvalue weighted by atomic mass is 35.5. The Morgan fingerprint density at radius 3 is 2.75 bits per heavy atom. The average Bonchev–Trinajstić information content (AvgIpc) is 3.22. The Morgan fingerprint density at radius 1 is 1.19 bits per heavy atom. The van der Waals surface area contributed by atoms with Crippen LogP contribution < -0.4 is 10.5 Å². The number of morpholine rings is 1. The monoisotopic (exact) mass is 452 g/mol. The van der Waals surface area contributed by atoms with Crippen LogP contribution in [0, 0.1) is 5.82 Å². The topological polar surface area (TPSA) is 63.1 Å². The molecule has 4 aromatic rings. The molecule has 0 amide bonds. The van der Waals surface area contributed by atoms with Crippen LogP contribution in [0.25, 0.3) is 22.2 Å². The standard InChI is InChI=1S/C24H22ClFN4O2/c1-15(17-8-18(25)11-19(26)9-17)30-3-2-16(10-23(30)31)22-14-28-24-21(22)12-20(13-27-24)29-4-6-32-7-5-29/h2-3,8-15H,4-7H2,1H3,(H,27,28). The van der Waals surface area contributed by atoms with Crippen LogP contribution in [0.3, 0.4) is 0 Å². The van der Waals surface area contributed by atoms with Crippen LogP contribution in [-0.2, 0) is 4.74 Å². The summed E-state index contributed by atoms with van der Waals surface area (Å²) in [6.45, 7) is 4.89. The number of halogens is 2. The third-order valence-electron chi connectivity index (χ3n) is 5.94. The van der Waals surface area contributed by atoms with E-state index in [1.165, 1.54) is 12.1 Å². The molecule has 1 N–H and O–H groups in total. The molecule has 1 aliphatic heterocycles. The molecule has 0 radical (unpaired) electrons. The Hall–Kier alpha value is -3.16. The van der Waals surface area contributed by atoms with E-state index in [4.69, 9.17) is 16.3 Å². The predicted octanol–water partition coefficient (Wildman–Crippen LogP) is 4.63. The number of hydrogen-bond acceptors (Lipinski definition) is 4. The Morgan fingerprint density at radius 2 is 2.00 bits per heavy atom. The van der Waals surface area contributed by atoms with Gasteiger partial charge in [0.05, 0.1) is 31.1 Å². The summed E-state index contributed by atoms with van der Waals surface area (Å²) in [7, 11) is 0. The van der Waals surface area contributed by atoms with Crippen LogP contribution in [0.2, 0.25) is 5.02 Å². The van der Waals surface area contributed by atoms with Crippen LogP contribution >= 0.6 is 11.6 Å². The number of anilines is 1. The highest BCUT2D eigenvalue weighted by Crippen LogP contribution is 2.30. The zero-order chi connectivity index (χ0) is 22.2. The Labute approximate surface area is 189 Å². The van der Waals surface area contributed by atoms with Crippen molar-refractivity contribution < 1.29 is 9.13 Å². The van der Waals surface area contributed by atoms with E-state index in [1.807, 2.05) is 25.4 Å². The molecule has 1 fully saturated rings. The van der Waals surface area contributed by atoms with Gasteiger partial charge in [-0.15, -0.1) is 0 Å². The predicted molar refractivity (Wildman–Crippen MR) is 124 cm³/mol. The van der Waals surface area contributed by atoms with Gasteiger partial charge in [-0.2, -0.15) is 0 Å². The first-order valence-electron chi connectivity index (χ1n) is 10.5. The summed E-state index contributed by atoms with van der Waals surface area (Å²) in [5, 5.41) is 1.26. The van der Waals surface area contributed by atoms with Gasteiger partial charge in [-0.1, -0.05) is 11.6 Å². The SMILES string of the molecule is CC(c1cc(F)cc(Cl)c1)n1ccc(-c2c[nH]c3ncc(N4CCOCC4)cc23)cc1=O. The second-order valence-electron chi connectivity index (χ2n) is 7.93. The lowest BCUT2D eigenvalue weighted by Gasteiger charge is -2.28. The molecule has 0 bridgehead atoms. The zero-order valence-corrected chi connectivity index (χ0v) is 18.3. The molecule has 1 saturated heterocycles. The molecular formula is C24H22ClFN4O2. The summed E-state index contributed by atoms with van der Waals surface area (Å²) in [4.78, 5) is 23.0. The van der Waals surface area contributed by atoms with E-state index in [9.17, 15) is 9.18 Å². The quantitative estimate of drug-likeness (QED) is 0.490. The van der Waals surface area contributed by atoms with Crippen LogP contribution in [0.1, 0.15) is 18.5 Å². The van der Waals surface area contributed by atoms with Crippen molar-refractivity contribution in [3.05, 3.63) is 81.7 Å². The maximum atomic E-state index is 13.8. The number of nitrogens with one attached hydrogen (secondary N) is 1. The number of pyridine rings is 2. The first-order valence-corrected chi connectivity index (χ1v) is 10.9. The molecule has 0 aliphatic carbocycles. The molecule has 0 saturated carbocycles. The van der Waals surface area contributed by atoms with Crippen LogP contribution in [-0.4, -0.2) is 40.8 Å². The van der Waals surface area contributed by atoms with E-state index in [0.717, 1.165) is 40.9 Å². The first kappa shape index (κ1) is 20.7. The molecule has 1 unspecified atom stereocenters. The number of hydrogen-bond donors (Lipinski definition) is 1. The van der Waals surface area contributed by atoms with Gasteiger partial charge in [-0.05, 0) is 48.4 Å². The summed E-state index contributed by atoms with van der Waals surface area (Å²) in [6.07, 6.45) is 5.46. The maximum Gasteiger partial charge on any atom is 0.251 e. The molecule has 1 aromatic carbocycles. The molecule has 164 valence electrons. The van der Waals surface area contributed by atoms with Crippen molar-refractivity contribution in [2.24, 2.45) is 0 Å². The van der Waals surface area contributed by atoms with Gasteiger partial charge in [-0.3, -0.25) is 4.79 Å². The fourth-order valence-corrected chi connectivity index (χ4v) is 4.41. The molecule has 32 heavy (non-hydrogen) atoms. The largest absolute Gasteiger partial charge is 0.378 e. The van der Waals surface area contributed by atoms with Crippen molar-refractivity contribution in [3.8, 4) is 11.1 Å². The minimum Gasteiger partial charge on any atom is -0.378 e. The molecule has 0 spiro atoms. The highest BCUT2D eigenvalue weighted by Gasteiger charge is 2.16. The average molecular weight is 453 g/mol. The van der Waals surface area contributed by atoms with Crippen molar-refractivity contribution >= 4 is 28.3 Å². The van der Waals surface area contributed by atoms with Crippen molar-refractivity contribution in [2.45, 2.75) is 13.0 Å². The number of aromatic amines is 1. The number of ether oxygens (including phenoxy) is 1. The molecule has 5 rings (SSSR count). The molecule has 1 aliphatic rings. The number of benzene rings is 1. The van der Waals surface area contributed by atoms with E-state index in [-0.39, 0.29) is 11.6 Å². The lowest BCUT2D eigenvalue weighted by molar-refractivity contribution is 0.122. The van der Waals surface area contributed by atoms with Gasteiger partial charge < -0.3 is 19.2 Å². The Bertz CT molecular complexity index is 1320. The van der Waals surface area contributed by atoms with Gasteiger partial charge in [0.25, 0.3) is 5.56 Å². The fourth-order valence-electron chi connectivity index (χ4n) is 4.18. The van der Waals surface area contributed by atoms with E-state index in [2.05, 4.69) is 20.9 Å². The van der Waals surface area contributed by atoms with Gasteiger partial charge >= 0.3 is 0 Å². The van der Waals surface area contributed by atoms with Gasteiger partial charge in [0, 0.05) is 47.5 Å². The summed E-state index contributed by atoms with van der Waals surface area (Å²) in [5.74, 6) is -0.425. The number of rotatable bonds is 4. The van der Waals surface area contributed by atoms with Gasteiger partial charge in [0.2, 0.25) is 0 Å². The van der Waals surface area contributed by atoms with Crippen molar-refractivity contribution in [3.63, 3.8) is 0 Å². The van der Waals surface area contributed by atoms with Crippen LogP contribution in [0.4, 0.5) is 10.1 Å². The van der Waals surface area contributed by atoms with Gasteiger partial charge in [-0.25, -0.2) is 9.37 Å². The summed E-state index contributed by atoms with van der Waals surface area (Å²) in [6, 6.07) is 9.55. The lowest BCUT2D eigenvalue weighted by Crippen LogP contribution is -2.36. The molecule has 3 aromatic heterocycles. The molecule has 8 heteroatoms. The van der Waals surface area contributed by atoms with E-state index in [0.29, 0.717) is 23.8 Å². The van der Waals surface area contributed by atoms with E-state index < -0.39 is 5.82 Å². The summed E-state index contributed by atoms with van der Waals surface area (Å²) < 4.78 is 20.8. The molecule has 6 nitrogen and oxygen atoms in total. The second-order valence-corrected chi connectivity index (χ2v) is 8.37. The van der Waals surface area contributed by atoms with Crippen molar-refractivity contribution in [2.75, 3.05) is 31.2 Å². The number of aromatic nitrogens is 3. The summed E-state index contributed by atoms with van der Waals surface area (Å²) >= 11 is 5.99. The fraction of sp³-hybridized carbons (Fsp3) is 0.250.